The van der Waals surface area contributed by atoms with Gasteiger partial charge in [-0.2, -0.15) is 4.31 Å². The Kier molecular flexibility index (Phi) is 6.65. The van der Waals surface area contributed by atoms with Gasteiger partial charge in [-0.1, -0.05) is 11.3 Å². The summed E-state index contributed by atoms with van der Waals surface area (Å²) >= 11 is 1.61. The highest BCUT2D eigenvalue weighted by Gasteiger charge is 2.36. The number of benzene rings is 2. The number of nitrogens with zero attached hydrogens (tertiary/aromatic N) is 4. The maximum absolute atomic E-state index is 13.3. The predicted octanol–water partition coefficient (Wildman–Crippen LogP) is 3.19. The number of piperazine rings is 1. The van der Waals surface area contributed by atoms with E-state index in [1.54, 1.807) is 18.4 Å². The fraction of sp³-hybridized carbons (Fsp3) is 0.417. The Morgan fingerprint density at radius 1 is 1.09 bits per heavy atom. The summed E-state index contributed by atoms with van der Waals surface area (Å²) in [6.07, 6.45) is 1.28. The fourth-order valence-electron chi connectivity index (χ4n) is 4.65. The van der Waals surface area contributed by atoms with Crippen LogP contribution in [0.15, 0.2) is 47.4 Å². The highest BCUT2D eigenvalue weighted by molar-refractivity contribution is 7.89. The van der Waals surface area contributed by atoms with E-state index in [0.29, 0.717) is 45.6 Å². The number of halogens is 1. The molecule has 3 aromatic rings. The molecule has 0 N–H and O–H groups in total. The van der Waals surface area contributed by atoms with Crippen molar-refractivity contribution >= 4 is 42.6 Å². The SMILES string of the molecule is COc1ccc2nc(N3CCN(C(=O)C4CCCN(S(=O)(=O)c5ccc(F)cc5)C4)CC3)sc2c1. The Bertz CT molecular complexity index is 1320. The lowest BCUT2D eigenvalue weighted by Crippen LogP contribution is -2.53. The van der Waals surface area contributed by atoms with Gasteiger partial charge in [-0.05, 0) is 55.3 Å². The van der Waals surface area contributed by atoms with Crippen LogP contribution >= 0.6 is 11.3 Å². The minimum Gasteiger partial charge on any atom is -0.497 e. The zero-order chi connectivity index (χ0) is 24.6. The van der Waals surface area contributed by atoms with Gasteiger partial charge in [0, 0.05) is 39.3 Å². The van der Waals surface area contributed by atoms with Gasteiger partial charge < -0.3 is 14.5 Å². The van der Waals surface area contributed by atoms with Gasteiger partial charge in [0.1, 0.15) is 11.6 Å². The molecule has 2 aliphatic rings. The Balaban J connectivity index is 1.21. The number of piperidine rings is 1. The smallest absolute Gasteiger partial charge is 0.243 e. The average molecular weight is 519 g/mol. The molecule has 2 aromatic carbocycles. The molecule has 11 heteroatoms. The van der Waals surface area contributed by atoms with E-state index < -0.39 is 15.8 Å². The molecule has 0 bridgehead atoms. The molecule has 1 aromatic heterocycles. The highest BCUT2D eigenvalue weighted by Crippen LogP contribution is 2.32. The molecular formula is C24H27FN4O4S2. The quantitative estimate of drug-likeness (QED) is 0.516. The maximum Gasteiger partial charge on any atom is 0.243 e. The molecule has 1 atom stereocenters. The Hall–Kier alpha value is -2.76. The minimum absolute atomic E-state index is 0.00214. The van der Waals surface area contributed by atoms with Crippen molar-refractivity contribution in [2.45, 2.75) is 17.7 Å². The second kappa shape index (κ2) is 9.71. The summed E-state index contributed by atoms with van der Waals surface area (Å²) in [7, 11) is -2.12. The number of carbonyl (C=O) groups is 1. The Morgan fingerprint density at radius 2 is 1.83 bits per heavy atom. The molecule has 2 saturated heterocycles. The molecule has 2 fully saturated rings. The van der Waals surface area contributed by atoms with Gasteiger partial charge in [0.05, 0.1) is 28.1 Å². The van der Waals surface area contributed by atoms with Gasteiger partial charge in [-0.15, -0.1) is 0 Å². The number of thiazole rings is 1. The zero-order valence-corrected chi connectivity index (χ0v) is 21.0. The van der Waals surface area contributed by atoms with E-state index in [4.69, 9.17) is 9.72 Å². The van der Waals surface area contributed by atoms with E-state index in [1.807, 2.05) is 23.1 Å². The van der Waals surface area contributed by atoms with Crippen molar-refractivity contribution in [2.24, 2.45) is 5.92 Å². The molecule has 3 heterocycles. The van der Waals surface area contributed by atoms with Crippen molar-refractivity contribution in [2.75, 3.05) is 51.3 Å². The normalized spacial score (nSPS) is 19.8. The Labute approximate surface area is 208 Å². The van der Waals surface area contributed by atoms with Crippen LogP contribution in [-0.2, 0) is 14.8 Å². The highest BCUT2D eigenvalue weighted by atomic mass is 32.2. The molecule has 186 valence electrons. The number of rotatable bonds is 5. The number of aromatic nitrogens is 1. The van der Waals surface area contributed by atoms with Crippen LogP contribution in [0.5, 0.6) is 5.75 Å². The molecule has 0 aliphatic carbocycles. The summed E-state index contributed by atoms with van der Waals surface area (Å²) in [5, 5.41) is 0.926. The number of hydrogen-bond acceptors (Lipinski definition) is 7. The van der Waals surface area contributed by atoms with Crippen LogP contribution in [0.2, 0.25) is 0 Å². The van der Waals surface area contributed by atoms with Gasteiger partial charge in [0.2, 0.25) is 15.9 Å². The first-order valence-corrected chi connectivity index (χ1v) is 13.8. The molecule has 8 nitrogen and oxygen atoms in total. The van der Waals surface area contributed by atoms with Crippen molar-refractivity contribution in [3.05, 3.63) is 48.3 Å². The van der Waals surface area contributed by atoms with Crippen LogP contribution in [-0.4, -0.2) is 74.9 Å². The topological polar surface area (TPSA) is 83.1 Å². The Morgan fingerprint density at radius 3 is 2.54 bits per heavy atom. The van der Waals surface area contributed by atoms with Crippen LogP contribution in [0.4, 0.5) is 9.52 Å². The third-order valence-corrected chi connectivity index (χ3v) is 9.59. The molecule has 0 radical (unpaired) electrons. The average Bonchev–Trinajstić information content (AvgIpc) is 3.32. The van der Waals surface area contributed by atoms with Gasteiger partial charge in [-0.25, -0.2) is 17.8 Å². The summed E-state index contributed by atoms with van der Waals surface area (Å²) in [6.45, 7) is 3.00. The molecule has 0 saturated carbocycles. The van der Waals surface area contributed by atoms with E-state index in [0.717, 1.165) is 33.2 Å². The van der Waals surface area contributed by atoms with Crippen molar-refractivity contribution in [1.29, 1.82) is 0 Å². The first kappa shape index (κ1) is 24.0. The number of amides is 1. The van der Waals surface area contributed by atoms with Gasteiger partial charge in [-0.3, -0.25) is 4.79 Å². The lowest BCUT2D eigenvalue weighted by atomic mass is 9.98. The van der Waals surface area contributed by atoms with Crippen LogP contribution in [0.3, 0.4) is 0 Å². The number of fused-ring (bicyclic) bond motifs is 1. The van der Waals surface area contributed by atoms with Crippen LogP contribution in [0.25, 0.3) is 10.2 Å². The predicted molar refractivity (Wildman–Crippen MR) is 133 cm³/mol. The largest absolute Gasteiger partial charge is 0.497 e. The molecule has 35 heavy (non-hydrogen) atoms. The molecule has 1 amide bonds. The number of sulfonamides is 1. The van der Waals surface area contributed by atoms with Crippen molar-refractivity contribution in [3.63, 3.8) is 0 Å². The van der Waals surface area contributed by atoms with E-state index >= 15 is 0 Å². The number of anilines is 1. The van der Waals surface area contributed by atoms with Crippen LogP contribution < -0.4 is 9.64 Å². The first-order chi connectivity index (χ1) is 16.8. The summed E-state index contributed by atoms with van der Waals surface area (Å²) < 4.78 is 47.0. The van der Waals surface area contributed by atoms with Gasteiger partial charge >= 0.3 is 0 Å². The maximum atomic E-state index is 13.3. The number of methoxy groups -OCH3 is 1. The number of hydrogen-bond donors (Lipinski definition) is 0. The lowest BCUT2D eigenvalue weighted by molar-refractivity contribution is -0.137. The number of ether oxygens (including phenoxy) is 1. The lowest BCUT2D eigenvalue weighted by Gasteiger charge is -2.38. The summed E-state index contributed by atoms with van der Waals surface area (Å²) in [5.74, 6) is -0.0652. The number of carbonyl (C=O) groups excluding carboxylic acids is 1. The minimum atomic E-state index is -3.77. The van der Waals surface area contributed by atoms with E-state index in [2.05, 4.69) is 4.90 Å². The van der Waals surface area contributed by atoms with E-state index in [1.165, 1.54) is 16.4 Å². The molecule has 5 rings (SSSR count). The molecule has 2 aliphatic heterocycles. The third kappa shape index (κ3) is 4.85. The molecule has 1 unspecified atom stereocenters. The molecular weight excluding hydrogens is 491 g/mol. The first-order valence-electron chi connectivity index (χ1n) is 11.6. The van der Waals surface area contributed by atoms with Crippen molar-refractivity contribution < 1.29 is 22.3 Å². The van der Waals surface area contributed by atoms with Crippen molar-refractivity contribution in [1.82, 2.24) is 14.2 Å². The standard InChI is InChI=1S/C24H27FN4O4S2/c1-33-19-6-9-21-22(15-19)34-24(26-21)28-13-11-27(12-14-28)23(30)17-3-2-10-29(16-17)35(31,32)20-7-4-18(25)5-8-20/h4-9,15,17H,2-3,10-14,16H2,1H3. The van der Waals surface area contributed by atoms with Gasteiger partial charge in [0.15, 0.2) is 5.13 Å². The van der Waals surface area contributed by atoms with E-state index in [-0.39, 0.29) is 23.3 Å². The summed E-state index contributed by atoms with van der Waals surface area (Å²) in [4.78, 5) is 22.1. The van der Waals surface area contributed by atoms with E-state index in [9.17, 15) is 17.6 Å². The zero-order valence-electron chi connectivity index (χ0n) is 19.4. The monoisotopic (exact) mass is 518 g/mol. The summed E-state index contributed by atoms with van der Waals surface area (Å²) in [6, 6.07) is 10.6. The van der Waals surface area contributed by atoms with Crippen molar-refractivity contribution in [3.8, 4) is 5.75 Å². The van der Waals surface area contributed by atoms with Crippen LogP contribution in [0, 0.1) is 11.7 Å². The third-order valence-electron chi connectivity index (χ3n) is 6.63. The van der Waals surface area contributed by atoms with Crippen LogP contribution in [0.1, 0.15) is 12.8 Å². The summed E-state index contributed by atoms with van der Waals surface area (Å²) in [5.41, 5.74) is 0.925. The second-order valence-electron chi connectivity index (χ2n) is 8.80. The second-order valence-corrected chi connectivity index (χ2v) is 11.7. The fourth-order valence-corrected chi connectivity index (χ4v) is 7.22. The van der Waals surface area contributed by atoms with Gasteiger partial charge in [0.25, 0.3) is 0 Å². The molecule has 0 spiro atoms.